The smallest absolute Gasteiger partial charge is 0.244 e. The van der Waals surface area contributed by atoms with Crippen LogP contribution in [0.4, 0.5) is 0 Å². The van der Waals surface area contributed by atoms with Crippen molar-refractivity contribution < 1.29 is 4.79 Å². The molecule has 1 aromatic rings. The summed E-state index contributed by atoms with van der Waals surface area (Å²) < 4.78 is 0. The molecular weight excluding hydrogens is 244 g/mol. The van der Waals surface area contributed by atoms with Gasteiger partial charge in [-0.25, -0.2) is 5.43 Å². The van der Waals surface area contributed by atoms with Crippen LogP contribution >= 0.6 is 11.3 Å². The minimum absolute atomic E-state index is 0.109. The van der Waals surface area contributed by atoms with Gasteiger partial charge in [-0.3, -0.25) is 4.79 Å². The van der Waals surface area contributed by atoms with E-state index in [4.69, 9.17) is 0 Å². The number of carbonyl (C=O) groups excluding carboxylic acids is 1. The van der Waals surface area contributed by atoms with Gasteiger partial charge in [0.2, 0.25) is 5.91 Å². The third-order valence-corrected chi connectivity index (χ3v) is 5.33. The molecule has 0 unspecified atom stereocenters. The number of thiophene rings is 1. The molecule has 3 rings (SSSR count). The summed E-state index contributed by atoms with van der Waals surface area (Å²) in [5.41, 5.74) is 2.97. The van der Waals surface area contributed by atoms with Crippen molar-refractivity contribution in [3.8, 4) is 0 Å². The molecule has 1 aromatic heterocycles. The number of nitrogens with one attached hydrogen (secondary N) is 1. The van der Waals surface area contributed by atoms with Crippen LogP contribution in [0.5, 0.6) is 0 Å². The molecule has 2 fully saturated rings. The lowest BCUT2D eigenvalue weighted by molar-refractivity contribution is -0.123. The standard InChI is InChI=1S/C14H18N2OS/c1-14-7-3-2-6-11(14)12(14)13(17)16-15-9-10-5-4-8-18-10/h4-5,8-9,11-12H,2-3,6-7H2,1H3,(H,16,17)/b15-9-/t11-,12+,14+/m0/s1. The molecule has 2 saturated carbocycles. The fraction of sp³-hybridized carbons (Fsp3) is 0.571. The Morgan fingerprint density at radius 2 is 2.50 bits per heavy atom. The molecule has 0 aliphatic heterocycles. The monoisotopic (exact) mass is 262 g/mol. The lowest BCUT2D eigenvalue weighted by atomic mass is 9.90. The maximum Gasteiger partial charge on any atom is 0.244 e. The van der Waals surface area contributed by atoms with Crippen LogP contribution in [0.2, 0.25) is 0 Å². The quantitative estimate of drug-likeness (QED) is 0.660. The van der Waals surface area contributed by atoms with Crippen molar-refractivity contribution in [2.75, 3.05) is 0 Å². The van der Waals surface area contributed by atoms with Crippen LogP contribution in [0.3, 0.4) is 0 Å². The zero-order valence-electron chi connectivity index (χ0n) is 10.6. The minimum Gasteiger partial charge on any atom is -0.273 e. The fourth-order valence-electron chi connectivity index (χ4n) is 3.44. The van der Waals surface area contributed by atoms with Gasteiger partial charge in [0.15, 0.2) is 0 Å². The van der Waals surface area contributed by atoms with Gasteiger partial charge in [0.1, 0.15) is 0 Å². The van der Waals surface area contributed by atoms with Crippen LogP contribution in [-0.2, 0) is 4.79 Å². The van der Waals surface area contributed by atoms with Crippen LogP contribution < -0.4 is 5.43 Å². The van der Waals surface area contributed by atoms with Crippen molar-refractivity contribution >= 4 is 23.5 Å². The molecule has 3 nitrogen and oxygen atoms in total. The maximum absolute atomic E-state index is 12.1. The molecule has 18 heavy (non-hydrogen) atoms. The van der Waals surface area contributed by atoms with Crippen molar-refractivity contribution in [1.82, 2.24) is 5.43 Å². The van der Waals surface area contributed by atoms with Crippen LogP contribution in [0.25, 0.3) is 0 Å². The highest BCUT2D eigenvalue weighted by Gasteiger charge is 2.64. The summed E-state index contributed by atoms with van der Waals surface area (Å²) in [5.74, 6) is 0.904. The number of hydrogen-bond donors (Lipinski definition) is 1. The zero-order valence-corrected chi connectivity index (χ0v) is 11.4. The van der Waals surface area contributed by atoms with Gasteiger partial charge in [-0.05, 0) is 35.6 Å². The predicted octanol–water partition coefficient (Wildman–Crippen LogP) is 3.02. The predicted molar refractivity (Wildman–Crippen MR) is 73.6 cm³/mol. The topological polar surface area (TPSA) is 41.5 Å². The lowest BCUT2D eigenvalue weighted by Crippen LogP contribution is -2.22. The number of hydrogen-bond acceptors (Lipinski definition) is 3. The lowest BCUT2D eigenvalue weighted by Gasteiger charge is -2.15. The largest absolute Gasteiger partial charge is 0.273 e. The first-order valence-corrected chi connectivity index (χ1v) is 7.46. The molecule has 0 spiro atoms. The number of amides is 1. The van der Waals surface area contributed by atoms with Crippen molar-refractivity contribution in [3.05, 3.63) is 22.4 Å². The Morgan fingerprint density at radius 1 is 1.61 bits per heavy atom. The molecule has 2 aliphatic carbocycles. The van der Waals surface area contributed by atoms with Gasteiger partial charge >= 0.3 is 0 Å². The number of hydrazone groups is 1. The van der Waals surface area contributed by atoms with Crippen molar-refractivity contribution in [2.24, 2.45) is 22.4 Å². The molecule has 0 aromatic carbocycles. The molecule has 1 heterocycles. The van der Waals surface area contributed by atoms with Gasteiger partial charge < -0.3 is 0 Å². The van der Waals surface area contributed by atoms with Gasteiger partial charge in [-0.15, -0.1) is 11.3 Å². The summed E-state index contributed by atoms with van der Waals surface area (Å²) in [4.78, 5) is 13.1. The minimum atomic E-state index is 0.109. The summed E-state index contributed by atoms with van der Waals surface area (Å²) in [6, 6.07) is 3.96. The van der Waals surface area contributed by atoms with E-state index < -0.39 is 0 Å². The second kappa shape index (κ2) is 4.50. The molecule has 4 heteroatoms. The van der Waals surface area contributed by atoms with Gasteiger partial charge in [0, 0.05) is 10.8 Å². The second-order valence-electron chi connectivity index (χ2n) is 5.59. The Morgan fingerprint density at radius 3 is 3.17 bits per heavy atom. The van der Waals surface area contributed by atoms with E-state index in [-0.39, 0.29) is 17.2 Å². The molecule has 96 valence electrons. The highest BCUT2D eigenvalue weighted by atomic mass is 32.1. The molecule has 1 N–H and O–H groups in total. The summed E-state index contributed by atoms with van der Waals surface area (Å²) in [5, 5.41) is 6.05. The summed E-state index contributed by atoms with van der Waals surface area (Å²) in [6.45, 7) is 2.25. The Labute approximate surface area is 111 Å². The van der Waals surface area contributed by atoms with E-state index in [1.54, 1.807) is 17.6 Å². The first-order valence-electron chi connectivity index (χ1n) is 6.58. The van der Waals surface area contributed by atoms with E-state index in [1.807, 2.05) is 17.5 Å². The van der Waals surface area contributed by atoms with Gasteiger partial charge in [-0.1, -0.05) is 25.8 Å². The number of nitrogens with zero attached hydrogens (tertiary/aromatic N) is 1. The summed E-state index contributed by atoms with van der Waals surface area (Å²) >= 11 is 1.62. The third-order valence-electron chi connectivity index (χ3n) is 4.52. The molecule has 3 atom stereocenters. The summed E-state index contributed by atoms with van der Waals surface area (Å²) in [7, 11) is 0. The van der Waals surface area contributed by atoms with Gasteiger partial charge in [0.25, 0.3) is 0 Å². The second-order valence-corrected chi connectivity index (χ2v) is 6.56. The van der Waals surface area contributed by atoms with E-state index in [0.717, 1.165) is 4.88 Å². The zero-order chi connectivity index (χ0) is 12.6. The highest BCUT2D eigenvalue weighted by Crippen LogP contribution is 2.66. The normalized spacial score (nSPS) is 34.3. The Balaban J connectivity index is 1.57. The van der Waals surface area contributed by atoms with E-state index >= 15 is 0 Å². The van der Waals surface area contributed by atoms with E-state index in [1.165, 1.54) is 25.7 Å². The Kier molecular flexibility index (Phi) is 2.98. The van der Waals surface area contributed by atoms with Crippen LogP contribution in [0, 0.1) is 17.3 Å². The average molecular weight is 262 g/mol. The van der Waals surface area contributed by atoms with Crippen LogP contribution in [-0.4, -0.2) is 12.1 Å². The average Bonchev–Trinajstić information content (AvgIpc) is 2.71. The van der Waals surface area contributed by atoms with E-state index in [0.29, 0.717) is 5.92 Å². The molecule has 0 radical (unpaired) electrons. The molecule has 1 amide bonds. The summed E-state index contributed by atoms with van der Waals surface area (Å²) in [6.07, 6.45) is 6.68. The van der Waals surface area contributed by atoms with Crippen LogP contribution in [0.1, 0.15) is 37.5 Å². The Bertz CT molecular complexity index is 468. The first-order chi connectivity index (χ1) is 8.72. The van der Waals surface area contributed by atoms with Crippen molar-refractivity contribution in [1.29, 1.82) is 0 Å². The van der Waals surface area contributed by atoms with E-state index in [9.17, 15) is 4.79 Å². The van der Waals surface area contributed by atoms with Crippen molar-refractivity contribution in [2.45, 2.75) is 32.6 Å². The van der Waals surface area contributed by atoms with Crippen molar-refractivity contribution in [3.63, 3.8) is 0 Å². The molecule has 0 saturated heterocycles. The first kappa shape index (κ1) is 11.9. The number of fused-ring (bicyclic) bond motifs is 1. The number of rotatable bonds is 3. The van der Waals surface area contributed by atoms with Gasteiger partial charge in [-0.2, -0.15) is 5.10 Å². The fourth-order valence-corrected chi connectivity index (χ4v) is 4.03. The number of carbonyl (C=O) groups is 1. The molecule has 2 aliphatic rings. The SMILES string of the molecule is C[C@@]12CCCC[C@H]1[C@@H]2C(=O)N/N=C\c1cccs1. The highest BCUT2D eigenvalue weighted by molar-refractivity contribution is 7.11. The molecular formula is C14H18N2OS. The third kappa shape index (κ3) is 1.99. The molecule has 0 bridgehead atoms. The van der Waals surface area contributed by atoms with E-state index in [2.05, 4.69) is 17.5 Å². The maximum atomic E-state index is 12.1. The van der Waals surface area contributed by atoms with Crippen LogP contribution in [0.15, 0.2) is 22.6 Å². The van der Waals surface area contributed by atoms with Gasteiger partial charge in [0.05, 0.1) is 6.21 Å². The Hall–Kier alpha value is -1.16.